The zero-order valence-electron chi connectivity index (χ0n) is 12.5. The van der Waals surface area contributed by atoms with Crippen molar-refractivity contribution in [3.8, 4) is 0 Å². The Balaban J connectivity index is 1.84. The van der Waals surface area contributed by atoms with E-state index >= 15 is 0 Å². The fourth-order valence-electron chi connectivity index (χ4n) is 3.03. The van der Waals surface area contributed by atoms with Crippen LogP contribution in [0.3, 0.4) is 0 Å². The lowest BCUT2D eigenvalue weighted by Crippen LogP contribution is -2.28. The first-order valence-electron chi connectivity index (χ1n) is 7.66. The summed E-state index contributed by atoms with van der Waals surface area (Å²) < 4.78 is 5.88. The van der Waals surface area contributed by atoms with Crippen LogP contribution in [-0.2, 0) is 4.65 Å². The molecule has 0 saturated carbocycles. The Morgan fingerprint density at radius 3 is 1.87 bits per heavy atom. The van der Waals surface area contributed by atoms with Crippen molar-refractivity contribution in [1.82, 2.24) is 0 Å². The van der Waals surface area contributed by atoms with Crippen molar-refractivity contribution < 1.29 is 9.68 Å². The van der Waals surface area contributed by atoms with Crippen LogP contribution in [-0.4, -0.2) is 12.1 Å². The fourth-order valence-corrected chi connectivity index (χ4v) is 3.03. The van der Waals surface area contributed by atoms with E-state index in [9.17, 15) is 5.02 Å². The van der Waals surface area contributed by atoms with Crippen LogP contribution in [0.4, 0.5) is 11.4 Å². The molecule has 3 aromatic rings. The highest BCUT2D eigenvalue weighted by Gasteiger charge is 2.38. The summed E-state index contributed by atoms with van der Waals surface area (Å²) in [5.74, 6) is 0. The van der Waals surface area contributed by atoms with Gasteiger partial charge in [-0.25, -0.2) is 0 Å². The lowest BCUT2D eigenvalue weighted by Gasteiger charge is -2.31. The normalized spacial score (nSPS) is 16.2. The van der Waals surface area contributed by atoms with Crippen LogP contribution in [0, 0.1) is 0 Å². The first kappa shape index (κ1) is 14.1. The number of hydrogen-bond donors (Lipinski definition) is 1. The Bertz CT molecular complexity index is 755. The number of anilines is 2. The lowest BCUT2D eigenvalue weighted by atomic mass is 9.79. The molecule has 112 valence electrons. The maximum atomic E-state index is 10.2. The van der Waals surface area contributed by atoms with Crippen molar-refractivity contribution in [2.24, 2.45) is 0 Å². The number of rotatable bonds is 3. The van der Waals surface area contributed by atoms with Gasteiger partial charge < -0.3 is 14.6 Å². The second-order valence-corrected chi connectivity index (χ2v) is 5.51. The van der Waals surface area contributed by atoms with Crippen LogP contribution in [0.5, 0.6) is 0 Å². The Hall–Kier alpha value is -2.56. The summed E-state index contributed by atoms with van der Waals surface area (Å²) in [4.78, 5) is 2.11. The largest absolute Gasteiger partial charge is 0.493 e. The molecule has 1 unspecified atom stereocenters. The molecule has 0 aromatic heterocycles. The van der Waals surface area contributed by atoms with Crippen LogP contribution in [0.2, 0.25) is 0 Å². The molecule has 1 heterocycles. The summed E-state index contributed by atoms with van der Waals surface area (Å²) in [5, 5.41) is 10.2. The van der Waals surface area contributed by atoms with Crippen molar-refractivity contribution >= 4 is 24.0 Å². The molecule has 4 rings (SSSR count). The molecular weight excluding hydrogens is 285 g/mol. The van der Waals surface area contributed by atoms with Crippen molar-refractivity contribution in [3.05, 3.63) is 90.5 Å². The van der Waals surface area contributed by atoms with E-state index < -0.39 is 7.12 Å². The molecule has 0 saturated heterocycles. The fraction of sp³-hybridized carbons (Fsp3) is 0.0526. The van der Waals surface area contributed by atoms with Crippen LogP contribution in [0.1, 0.15) is 11.8 Å². The predicted octanol–water partition coefficient (Wildman–Crippen LogP) is 3.24. The molecule has 0 amide bonds. The highest BCUT2D eigenvalue weighted by atomic mass is 16.5. The van der Waals surface area contributed by atoms with Gasteiger partial charge in [-0.1, -0.05) is 60.7 Å². The van der Waals surface area contributed by atoms with Crippen molar-refractivity contribution in [2.75, 3.05) is 4.90 Å². The molecule has 3 aromatic carbocycles. The summed E-state index contributed by atoms with van der Waals surface area (Å²) in [6.07, 6.45) is -0.356. The van der Waals surface area contributed by atoms with E-state index in [4.69, 9.17) is 4.65 Å². The molecule has 4 heteroatoms. The average molecular weight is 301 g/mol. The van der Waals surface area contributed by atoms with E-state index in [0.29, 0.717) is 0 Å². The van der Waals surface area contributed by atoms with Gasteiger partial charge in [0, 0.05) is 11.4 Å². The maximum absolute atomic E-state index is 10.2. The molecule has 0 bridgehead atoms. The van der Waals surface area contributed by atoms with Gasteiger partial charge in [-0.3, -0.25) is 0 Å². The number of fused-ring (bicyclic) bond motifs is 1. The maximum Gasteiger partial charge on any atom is 0.493 e. The van der Waals surface area contributed by atoms with Gasteiger partial charge in [0.2, 0.25) is 0 Å². The van der Waals surface area contributed by atoms with Crippen LogP contribution < -0.4 is 10.4 Å². The van der Waals surface area contributed by atoms with Gasteiger partial charge in [0.25, 0.3) is 0 Å². The Labute approximate surface area is 135 Å². The molecular formula is C19H16BNO2. The van der Waals surface area contributed by atoms with E-state index in [1.54, 1.807) is 0 Å². The Morgan fingerprint density at radius 2 is 1.26 bits per heavy atom. The third-order valence-corrected chi connectivity index (χ3v) is 4.09. The van der Waals surface area contributed by atoms with Gasteiger partial charge >= 0.3 is 7.12 Å². The minimum absolute atomic E-state index is 0.356. The van der Waals surface area contributed by atoms with E-state index in [1.165, 1.54) is 0 Å². The van der Waals surface area contributed by atoms with Crippen molar-refractivity contribution in [3.63, 3.8) is 0 Å². The van der Waals surface area contributed by atoms with Crippen LogP contribution in [0.15, 0.2) is 84.9 Å². The molecule has 0 fully saturated rings. The molecule has 1 aliphatic rings. The van der Waals surface area contributed by atoms with Crippen LogP contribution in [0.25, 0.3) is 0 Å². The highest BCUT2D eigenvalue weighted by Crippen LogP contribution is 2.37. The first-order chi connectivity index (χ1) is 11.3. The van der Waals surface area contributed by atoms with Crippen molar-refractivity contribution in [2.45, 2.75) is 6.23 Å². The minimum atomic E-state index is -0.897. The van der Waals surface area contributed by atoms with Gasteiger partial charge in [0.05, 0.1) is 0 Å². The Morgan fingerprint density at radius 1 is 0.739 bits per heavy atom. The smallest absolute Gasteiger partial charge is 0.423 e. The quantitative estimate of drug-likeness (QED) is 0.754. The second kappa shape index (κ2) is 5.91. The van der Waals surface area contributed by atoms with E-state index in [-0.39, 0.29) is 6.23 Å². The molecule has 1 N–H and O–H groups in total. The summed E-state index contributed by atoms with van der Waals surface area (Å²) in [7, 11) is -0.897. The summed E-state index contributed by atoms with van der Waals surface area (Å²) in [6, 6.07) is 28.0. The Kier molecular flexibility index (Phi) is 3.62. The number of benzene rings is 3. The summed E-state index contributed by atoms with van der Waals surface area (Å²) >= 11 is 0. The van der Waals surface area contributed by atoms with E-state index in [2.05, 4.69) is 4.90 Å². The average Bonchev–Trinajstić information content (AvgIpc) is 2.94. The summed E-state index contributed by atoms with van der Waals surface area (Å²) in [5.41, 5.74) is 3.86. The molecule has 1 atom stereocenters. The third kappa shape index (κ3) is 2.52. The third-order valence-electron chi connectivity index (χ3n) is 4.09. The molecule has 1 aliphatic heterocycles. The SMILES string of the molecule is OB1OC(N(c2ccccc2)c2ccccc2)c2ccccc21. The molecule has 0 spiro atoms. The van der Waals surface area contributed by atoms with Gasteiger partial charge in [-0.2, -0.15) is 0 Å². The van der Waals surface area contributed by atoms with Gasteiger partial charge in [-0.05, 0) is 35.3 Å². The molecule has 0 radical (unpaired) electrons. The second-order valence-electron chi connectivity index (χ2n) is 5.51. The van der Waals surface area contributed by atoms with E-state index in [0.717, 1.165) is 22.4 Å². The molecule has 3 nitrogen and oxygen atoms in total. The highest BCUT2D eigenvalue weighted by molar-refractivity contribution is 6.61. The number of nitrogens with zero attached hydrogens (tertiary/aromatic N) is 1. The standard InChI is InChI=1S/C19H16BNO2/c22-20-18-14-8-7-13-17(18)19(23-20)21(15-9-3-1-4-10-15)16-11-5-2-6-12-16/h1-14,19,22H. The monoisotopic (exact) mass is 301 g/mol. The van der Waals surface area contributed by atoms with E-state index in [1.807, 2.05) is 84.9 Å². The van der Waals surface area contributed by atoms with Gasteiger partial charge in [0.15, 0.2) is 0 Å². The number of para-hydroxylation sites is 2. The van der Waals surface area contributed by atoms with Gasteiger partial charge in [-0.15, -0.1) is 0 Å². The van der Waals surface area contributed by atoms with Gasteiger partial charge in [0.1, 0.15) is 6.23 Å². The summed E-state index contributed by atoms with van der Waals surface area (Å²) in [6.45, 7) is 0. The first-order valence-corrected chi connectivity index (χ1v) is 7.66. The number of hydrogen-bond acceptors (Lipinski definition) is 3. The minimum Gasteiger partial charge on any atom is -0.423 e. The molecule has 23 heavy (non-hydrogen) atoms. The van der Waals surface area contributed by atoms with Crippen LogP contribution >= 0.6 is 0 Å². The zero-order chi connectivity index (χ0) is 15.6. The predicted molar refractivity (Wildman–Crippen MR) is 92.9 cm³/mol. The van der Waals surface area contributed by atoms with Crippen molar-refractivity contribution in [1.29, 1.82) is 0 Å². The lowest BCUT2D eigenvalue weighted by molar-refractivity contribution is 0.196. The zero-order valence-corrected chi connectivity index (χ0v) is 12.5. The topological polar surface area (TPSA) is 32.7 Å². The molecule has 0 aliphatic carbocycles.